The molecule has 0 atom stereocenters. The summed E-state index contributed by atoms with van der Waals surface area (Å²) in [6.45, 7) is 3.25. The Labute approximate surface area is 105 Å². The maximum atomic E-state index is 12.0. The first-order chi connectivity index (χ1) is 8.59. The third-order valence-electron chi connectivity index (χ3n) is 2.62. The van der Waals surface area contributed by atoms with Gasteiger partial charge in [0.15, 0.2) is 11.5 Å². The van der Waals surface area contributed by atoms with Crippen molar-refractivity contribution in [3.8, 4) is 0 Å². The van der Waals surface area contributed by atoms with Crippen LogP contribution in [0.3, 0.4) is 0 Å². The van der Waals surface area contributed by atoms with Gasteiger partial charge in [-0.25, -0.2) is 0 Å². The summed E-state index contributed by atoms with van der Waals surface area (Å²) in [5, 5.41) is 2.68. The molecule has 0 saturated carbocycles. The Bertz CT molecular complexity index is 599. The van der Waals surface area contributed by atoms with Gasteiger partial charge in [0.05, 0.1) is 12.0 Å². The molecule has 1 aromatic carbocycles. The van der Waals surface area contributed by atoms with E-state index in [9.17, 15) is 9.59 Å². The molecule has 1 heterocycles. The number of para-hydroxylation sites is 1. The quantitative estimate of drug-likeness (QED) is 0.843. The second-order valence-corrected chi connectivity index (χ2v) is 3.99. The lowest BCUT2D eigenvalue weighted by Crippen LogP contribution is -2.14. The Morgan fingerprint density at radius 2 is 1.89 bits per heavy atom. The smallest absolute Gasteiger partial charge is 0.291 e. The molecule has 1 aromatic heterocycles. The number of anilines is 1. The highest BCUT2D eigenvalue weighted by molar-refractivity contribution is 6.08. The fraction of sp³-hybridized carbons (Fsp3) is 0.143. The molecule has 2 aromatic rings. The number of Topliss-reactive ketones (excluding diaryl/α,β-unsaturated/α-hetero) is 1. The molecule has 0 aliphatic carbocycles. The summed E-state index contributed by atoms with van der Waals surface area (Å²) in [5.74, 6) is -0.193. The van der Waals surface area contributed by atoms with Crippen molar-refractivity contribution in [2.75, 3.05) is 5.32 Å². The first-order valence-electron chi connectivity index (χ1n) is 5.55. The second-order valence-electron chi connectivity index (χ2n) is 3.99. The SMILES string of the molecule is CC(=O)c1ccccc1NC(=O)c1occc1C. The van der Waals surface area contributed by atoms with Gasteiger partial charge in [0.1, 0.15) is 0 Å². The van der Waals surface area contributed by atoms with E-state index in [-0.39, 0.29) is 17.5 Å². The van der Waals surface area contributed by atoms with Crippen molar-refractivity contribution in [3.05, 3.63) is 53.5 Å². The van der Waals surface area contributed by atoms with Crippen molar-refractivity contribution >= 4 is 17.4 Å². The zero-order valence-corrected chi connectivity index (χ0v) is 10.2. The average Bonchev–Trinajstić information content (AvgIpc) is 2.76. The molecule has 0 spiro atoms. The molecule has 0 unspecified atom stereocenters. The van der Waals surface area contributed by atoms with E-state index in [4.69, 9.17) is 4.42 Å². The lowest BCUT2D eigenvalue weighted by molar-refractivity contribution is 0.0996. The van der Waals surface area contributed by atoms with Crippen molar-refractivity contribution in [1.82, 2.24) is 0 Å². The highest BCUT2D eigenvalue weighted by Gasteiger charge is 2.15. The van der Waals surface area contributed by atoms with Crippen molar-refractivity contribution in [2.45, 2.75) is 13.8 Å². The molecule has 1 N–H and O–H groups in total. The number of rotatable bonds is 3. The monoisotopic (exact) mass is 243 g/mol. The largest absolute Gasteiger partial charge is 0.459 e. The van der Waals surface area contributed by atoms with E-state index in [1.54, 1.807) is 37.3 Å². The Hall–Kier alpha value is -2.36. The highest BCUT2D eigenvalue weighted by Crippen LogP contribution is 2.18. The van der Waals surface area contributed by atoms with Gasteiger partial charge in [-0.3, -0.25) is 9.59 Å². The lowest BCUT2D eigenvalue weighted by Gasteiger charge is -2.07. The topological polar surface area (TPSA) is 59.3 Å². The van der Waals surface area contributed by atoms with Crippen LogP contribution in [-0.4, -0.2) is 11.7 Å². The van der Waals surface area contributed by atoms with Gasteiger partial charge in [-0.1, -0.05) is 12.1 Å². The molecule has 0 bridgehead atoms. The molecular weight excluding hydrogens is 230 g/mol. The van der Waals surface area contributed by atoms with Crippen LogP contribution < -0.4 is 5.32 Å². The Morgan fingerprint density at radius 1 is 1.17 bits per heavy atom. The summed E-state index contributed by atoms with van der Waals surface area (Å²) in [6.07, 6.45) is 1.46. The van der Waals surface area contributed by atoms with Crippen molar-refractivity contribution in [1.29, 1.82) is 0 Å². The van der Waals surface area contributed by atoms with Gasteiger partial charge < -0.3 is 9.73 Å². The molecule has 4 heteroatoms. The molecule has 0 fully saturated rings. The van der Waals surface area contributed by atoms with Crippen LogP contribution in [0, 0.1) is 6.92 Å². The molecular formula is C14H13NO3. The number of carbonyl (C=O) groups is 2. The minimum atomic E-state index is -0.355. The summed E-state index contributed by atoms with van der Waals surface area (Å²) in [4.78, 5) is 23.4. The zero-order chi connectivity index (χ0) is 13.1. The molecule has 4 nitrogen and oxygen atoms in total. The third kappa shape index (κ3) is 2.32. The molecule has 18 heavy (non-hydrogen) atoms. The predicted molar refractivity (Wildman–Crippen MR) is 67.8 cm³/mol. The van der Waals surface area contributed by atoms with E-state index in [1.807, 2.05) is 0 Å². The number of aryl methyl sites for hydroxylation is 1. The van der Waals surface area contributed by atoms with E-state index in [0.29, 0.717) is 11.3 Å². The summed E-state index contributed by atoms with van der Waals surface area (Å²) < 4.78 is 5.10. The van der Waals surface area contributed by atoms with Crippen molar-refractivity contribution in [2.24, 2.45) is 0 Å². The number of furan rings is 1. The first kappa shape index (κ1) is 12.1. The van der Waals surface area contributed by atoms with Crippen LogP contribution in [0.25, 0.3) is 0 Å². The standard InChI is InChI=1S/C14H13NO3/c1-9-7-8-18-13(9)14(17)15-12-6-4-3-5-11(12)10(2)16/h3-8H,1-2H3,(H,15,17). The first-order valence-corrected chi connectivity index (χ1v) is 5.55. The van der Waals surface area contributed by atoms with Gasteiger partial charge in [0.25, 0.3) is 5.91 Å². The predicted octanol–water partition coefficient (Wildman–Crippen LogP) is 3.04. The molecule has 0 aliphatic heterocycles. The lowest BCUT2D eigenvalue weighted by atomic mass is 10.1. The summed E-state index contributed by atoms with van der Waals surface area (Å²) >= 11 is 0. The van der Waals surface area contributed by atoms with Crippen molar-refractivity contribution in [3.63, 3.8) is 0 Å². The third-order valence-corrected chi connectivity index (χ3v) is 2.62. The minimum absolute atomic E-state index is 0.0953. The zero-order valence-electron chi connectivity index (χ0n) is 10.2. The average molecular weight is 243 g/mol. The summed E-state index contributed by atoms with van der Waals surface area (Å²) in [5.41, 5.74) is 1.73. The second kappa shape index (κ2) is 4.87. The van der Waals surface area contributed by atoms with Gasteiger partial charge in [-0.05, 0) is 32.0 Å². The van der Waals surface area contributed by atoms with Gasteiger partial charge in [-0.2, -0.15) is 0 Å². The van der Waals surface area contributed by atoms with Crippen LogP contribution in [0.15, 0.2) is 41.0 Å². The number of amides is 1. The Morgan fingerprint density at radius 3 is 2.50 bits per heavy atom. The van der Waals surface area contributed by atoms with Crippen LogP contribution in [0.4, 0.5) is 5.69 Å². The number of hydrogen-bond donors (Lipinski definition) is 1. The fourth-order valence-corrected chi connectivity index (χ4v) is 1.68. The molecule has 0 radical (unpaired) electrons. The highest BCUT2D eigenvalue weighted by atomic mass is 16.3. The number of nitrogens with one attached hydrogen (secondary N) is 1. The van der Waals surface area contributed by atoms with Crippen LogP contribution >= 0.6 is 0 Å². The molecule has 1 amide bonds. The molecule has 2 rings (SSSR count). The summed E-state index contributed by atoms with van der Waals surface area (Å²) in [7, 11) is 0. The normalized spacial score (nSPS) is 10.1. The number of benzene rings is 1. The van der Waals surface area contributed by atoms with Gasteiger partial charge in [-0.15, -0.1) is 0 Å². The number of ketones is 1. The fourth-order valence-electron chi connectivity index (χ4n) is 1.68. The van der Waals surface area contributed by atoms with E-state index in [2.05, 4.69) is 5.32 Å². The molecule has 0 aliphatic rings. The maximum Gasteiger partial charge on any atom is 0.291 e. The van der Waals surface area contributed by atoms with Crippen LogP contribution in [0.2, 0.25) is 0 Å². The molecule has 0 saturated heterocycles. The number of hydrogen-bond acceptors (Lipinski definition) is 3. The van der Waals surface area contributed by atoms with E-state index in [0.717, 1.165) is 5.56 Å². The van der Waals surface area contributed by atoms with Gasteiger partial charge >= 0.3 is 0 Å². The Kier molecular flexibility index (Phi) is 3.28. The van der Waals surface area contributed by atoms with Crippen LogP contribution in [0.1, 0.15) is 33.4 Å². The van der Waals surface area contributed by atoms with Crippen molar-refractivity contribution < 1.29 is 14.0 Å². The Balaban J connectivity index is 2.28. The minimum Gasteiger partial charge on any atom is -0.459 e. The maximum absolute atomic E-state index is 12.0. The molecule has 92 valence electrons. The van der Waals surface area contributed by atoms with Crippen LogP contribution in [0.5, 0.6) is 0 Å². The number of carbonyl (C=O) groups excluding carboxylic acids is 2. The van der Waals surface area contributed by atoms with Gasteiger partial charge in [0.2, 0.25) is 0 Å². The van der Waals surface area contributed by atoms with E-state index >= 15 is 0 Å². The van der Waals surface area contributed by atoms with Crippen LogP contribution in [-0.2, 0) is 0 Å². The van der Waals surface area contributed by atoms with E-state index in [1.165, 1.54) is 13.2 Å². The van der Waals surface area contributed by atoms with Gasteiger partial charge in [0, 0.05) is 11.1 Å². The summed E-state index contributed by atoms with van der Waals surface area (Å²) in [6, 6.07) is 8.59. The van der Waals surface area contributed by atoms with E-state index < -0.39 is 0 Å².